The van der Waals surface area contributed by atoms with Gasteiger partial charge in [0.2, 0.25) is 0 Å². The largest absolute Gasteiger partial charge is 0.412 e. The number of nitrogens with one attached hydrogen (secondary N) is 2. The molecule has 2 N–H and O–H groups in total. The van der Waals surface area contributed by atoms with E-state index in [0.717, 1.165) is 6.07 Å². The molecule has 0 aliphatic rings. The molecule has 0 amide bonds. The van der Waals surface area contributed by atoms with Crippen LogP contribution in [0.15, 0.2) is 48.5 Å². The van der Waals surface area contributed by atoms with Gasteiger partial charge >= 0.3 is 6.18 Å². The van der Waals surface area contributed by atoms with Crippen LogP contribution in [0.3, 0.4) is 0 Å². The summed E-state index contributed by atoms with van der Waals surface area (Å²) >= 11 is -1.35. The van der Waals surface area contributed by atoms with Gasteiger partial charge in [0.1, 0.15) is 11.9 Å². The van der Waals surface area contributed by atoms with Crippen molar-refractivity contribution in [3.63, 3.8) is 0 Å². The van der Waals surface area contributed by atoms with E-state index in [1.165, 1.54) is 42.7 Å². The van der Waals surface area contributed by atoms with E-state index < -0.39 is 29.1 Å². The fraction of sp³-hybridized carbons (Fsp3) is 0.333. The molecule has 2 rings (SSSR count). The third-order valence-electron chi connectivity index (χ3n) is 3.63. The number of hydrogen-bond acceptors (Lipinski definition) is 4. The summed E-state index contributed by atoms with van der Waals surface area (Å²) in [4.78, 5) is 0. The first kappa shape index (κ1) is 21.2. The summed E-state index contributed by atoms with van der Waals surface area (Å²) in [5.41, 5.74) is 0.233. The van der Waals surface area contributed by atoms with E-state index in [2.05, 4.69) is 10.6 Å². The molecule has 0 saturated heterocycles. The van der Waals surface area contributed by atoms with Crippen molar-refractivity contribution in [3.8, 4) is 0 Å². The Bertz CT molecular complexity index is 757. The van der Waals surface area contributed by atoms with E-state index in [1.54, 1.807) is 6.07 Å². The van der Waals surface area contributed by atoms with Crippen molar-refractivity contribution in [2.45, 2.75) is 18.6 Å². The fourth-order valence-corrected chi connectivity index (χ4v) is 2.74. The Balaban J connectivity index is 2.02. The molecule has 4 nitrogen and oxygen atoms in total. The number of alkyl halides is 3. The molecule has 0 radical (unpaired) electrons. The SMILES string of the molecule is CS(=O)OCCCNc1ccc(NC(c2ccccc2)C(F)(F)F)cc1F. The van der Waals surface area contributed by atoms with Gasteiger partial charge in [0.05, 0.1) is 12.3 Å². The Morgan fingerprint density at radius 1 is 1.15 bits per heavy atom. The predicted octanol–water partition coefficient (Wildman–Crippen LogP) is 4.65. The first-order chi connectivity index (χ1) is 12.8. The number of rotatable bonds is 9. The van der Waals surface area contributed by atoms with Gasteiger partial charge in [0.15, 0.2) is 11.1 Å². The Morgan fingerprint density at radius 3 is 2.44 bits per heavy atom. The molecule has 0 saturated carbocycles. The maximum atomic E-state index is 14.2. The smallest absolute Gasteiger partial charge is 0.383 e. The summed E-state index contributed by atoms with van der Waals surface area (Å²) < 4.78 is 69.9. The minimum absolute atomic E-state index is 0.0222. The van der Waals surface area contributed by atoms with Gasteiger partial charge < -0.3 is 10.6 Å². The molecule has 0 aliphatic carbocycles. The average Bonchev–Trinajstić information content (AvgIpc) is 2.60. The normalized spacial score (nSPS) is 13.8. The van der Waals surface area contributed by atoms with Gasteiger partial charge in [-0.2, -0.15) is 13.2 Å². The second kappa shape index (κ2) is 9.70. The van der Waals surface area contributed by atoms with Gasteiger partial charge in [-0.1, -0.05) is 30.3 Å². The minimum atomic E-state index is -4.53. The Morgan fingerprint density at radius 2 is 1.85 bits per heavy atom. The summed E-state index contributed by atoms with van der Waals surface area (Å²) in [5, 5.41) is 5.17. The summed E-state index contributed by atoms with van der Waals surface area (Å²) in [5.74, 6) is -0.672. The standard InChI is InChI=1S/C18H20F4N2O2S/c1-27(25)26-11-5-10-23-16-9-8-14(12-15(16)19)24-17(18(20,21)22)13-6-3-2-4-7-13/h2-4,6-9,12,17,23-24H,5,10-11H2,1H3. The molecule has 0 aromatic heterocycles. The van der Waals surface area contributed by atoms with E-state index in [4.69, 9.17) is 4.18 Å². The molecule has 0 heterocycles. The Hall–Kier alpha value is -2.13. The van der Waals surface area contributed by atoms with Crippen LogP contribution in [0.1, 0.15) is 18.0 Å². The summed E-state index contributed by atoms with van der Waals surface area (Å²) in [7, 11) is 0. The molecule has 0 bridgehead atoms. The van der Waals surface area contributed by atoms with E-state index in [9.17, 15) is 21.8 Å². The van der Waals surface area contributed by atoms with Gasteiger partial charge in [0, 0.05) is 18.5 Å². The van der Waals surface area contributed by atoms with E-state index in [1.807, 2.05) is 0 Å². The third kappa shape index (κ3) is 6.84. The topological polar surface area (TPSA) is 50.4 Å². The minimum Gasteiger partial charge on any atom is -0.383 e. The molecule has 0 aliphatic heterocycles. The monoisotopic (exact) mass is 404 g/mol. The Labute approximate surface area is 157 Å². The first-order valence-electron chi connectivity index (χ1n) is 8.15. The maximum absolute atomic E-state index is 14.2. The summed E-state index contributed by atoms with van der Waals surface area (Å²) in [6.07, 6.45) is -2.63. The molecule has 27 heavy (non-hydrogen) atoms. The van der Waals surface area contributed by atoms with Crippen molar-refractivity contribution >= 4 is 22.5 Å². The van der Waals surface area contributed by atoms with Gasteiger partial charge in [-0.3, -0.25) is 4.18 Å². The lowest BCUT2D eigenvalue weighted by atomic mass is 10.1. The van der Waals surface area contributed by atoms with Crippen LogP contribution < -0.4 is 10.6 Å². The molecule has 2 aromatic rings. The second-order valence-electron chi connectivity index (χ2n) is 5.73. The highest BCUT2D eigenvalue weighted by atomic mass is 32.2. The molecule has 2 atom stereocenters. The lowest BCUT2D eigenvalue weighted by Crippen LogP contribution is -2.27. The van der Waals surface area contributed by atoms with Gasteiger partial charge in [-0.25, -0.2) is 8.60 Å². The molecule has 148 valence electrons. The predicted molar refractivity (Wildman–Crippen MR) is 98.4 cm³/mol. The van der Waals surface area contributed by atoms with Crippen molar-refractivity contribution in [1.29, 1.82) is 0 Å². The zero-order chi connectivity index (χ0) is 19.9. The van der Waals surface area contributed by atoms with E-state index in [0.29, 0.717) is 13.0 Å². The summed E-state index contributed by atoms with van der Waals surface area (Å²) in [6, 6.07) is 9.21. The molecule has 2 unspecified atom stereocenters. The lowest BCUT2D eigenvalue weighted by molar-refractivity contribution is -0.144. The van der Waals surface area contributed by atoms with Crippen LogP contribution in [0, 0.1) is 5.82 Å². The van der Waals surface area contributed by atoms with E-state index in [-0.39, 0.29) is 23.5 Å². The number of anilines is 2. The van der Waals surface area contributed by atoms with Crippen molar-refractivity contribution in [2.75, 3.05) is 30.0 Å². The van der Waals surface area contributed by atoms with Crippen LogP contribution in [0.4, 0.5) is 28.9 Å². The van der Waals surface area contributed by atoms with Crippen molar-refractivity contribution in [2.24, 2.45) is 0 Å². The van der Waals surface area contributed by atoms with Gasteiger partial charge in [-0.15, -0.1) is 0 Å². The number of halogens is 4. The van der Waals surface area contributed by atoms with Gasteiger partial charge in [-0.05, 0) is 30.2 Å². The number of benzene rings is 2. The zero-order valence-corrected chi connectivity index (χ0v) is 15.4. The third-order valence-corrected chi connectivity index (χ3v) is 4.12. The van der Waals surface area contributed by atoms with Crippen LogP contribution in [0.5, 0.6) is 0 Å². The highest BCUT2D eigenvalue weighted by Gasteiger charge is 2.40. The zero-order valence-electron chi connectivity index (χ0n) is 14.6. The molecular formula is C18H20F4N2O2S. The second-order valence-corrected chi connectivity index (χ2v) is 6.77. The van der Waals surface area contributed by atoms with Crippen molar-refractivity contribution < 1.29 is 26.0 Å². The van der Waals surface area contributed by atoms with Crippen LogP contribution >= 0.6 is 0 Å². The molecule has 2 aromatic carbocycles. The average molecular weight is 404 g/mol. The first-order valence-corrected chi connectivity index (χ1v) is 9.64. The highest BCUT2D eigenvalue weighted by molar-refractivity contribution is 7.79. The maximum Gasteiger partial charge on any atom is 0.412 e. The molecule has 9 heteroatoms. The van der Waals surface area contributed by atoms with Crippen LogP contribution in [0.25, 0.3) is 0 Å². The van der Waals surface area contributed by atoms with Gasteiger partial charge in [0.25, 0.3) is 0 Å². The van der Waals surface area contributed by atoms with Crippen molar-refractivity contribution in [3.05, 3.63) is 59.9 Å². The van der Waals surface area contributed by atoms with Crippen LogP contribution in [-0.2, 0) is 15.3 Å². The molecular weight excluding hydrogens is 384 g/mol. The van der Waals surface area contributed by atoms with E-state index >= 15 is 0 Å². The molecule has 0 fully saturated rings. The summed E-state index contributed by atoms with van der Waals surface area (Å²) in [6.45, 7) is 0.623. The molecule has 0 spiro atoms. The van der Waals surface area contributed by atoms with Crippen molar-refractivity contribution in [1.82, 2.24) is 0 Å². The van der Waals surface area contributed by atoms with Crippen LogP contribution in [-0.4, -0.2) is 29.8 Å². The number of hydrogen-bond donors (Lipinski definition) is 2. The fourth-order valence-electron chi connectivity index (χ4n) is 2.39. The lowest BCUT2D eigenvalue weighted by Gasteiger charge is -2.23. The Kier molecular flexibility index (Phi) is 7.61. The quantitative estimate of drug-likeness (QED) is 0.472. The van der Waals surface area contributed by atoms with Crippen LogP contribution in [0.2, 0.25) is 0 Å². The highest BCUT2D eigenvalue weighted by Crippen LogP contribution is 2.36.